The van der Waals surface area contributed by atoms with Gasteiger partial charge in [0.1, 0.15) is 5.75 Å². The van der Waals surface area contributed by atoms with Crippen molar-refractivity contribution in [1.82, 2.24) is 0 Å². The summed E-state index contributed by atoms with van der Waals surface area (Å²) in [7, 11) is 0. The van der Waals surface area contributed by atoms with Crippen LogP contribution in [-0.4, -0.2) is 12.5 Å². The van der Waals surface area contributed by atoms with E-state index in [2.05, 4.69) is 11.7 Å². The Kier molecular flexibility index (Phi) is 6.26. The maximum absolute atomic E-state index is 12.7. The minimum absolute atomic E-state index is 0.189. The molecule has 0 aromatic heterocycles. The zero-order valence-corrected chi connectivity index (χ0v) is 11.3. The topological polar surface area (TPSA) is 35.2 Å². The second kappa shape index (κ2) is 7.47. The largest absolute Gasteiger partial charge is 0.461 e. The number of nitrogens with two attached hydrogens (primary N) is 1. The molecule has 0 unspecified atom stereocenters. The molecule has 0 radical (unpaired) electrons. The number of unbranched alkanes of at least 4 members (excludes halogenated alkanes) is 2. The fourth-order valence-electron chi connectivity index (χ4n) is 1.77. The summed E-state index contributed by atoms with van der Waals surface area (Å²) in [5, 5.41) is 0. The lowest BCUT2D eigenvalue weighted by atomic mass is 10.0. The van der Waals surface area contributed by atoms with Crippen molar-refractivity contribution in [3.63, 3.8) is 0 Å². The predicted molar refractivity (Wildman–Crippen MR) is 69.1 cm³/mol. The molecule has 1 aromatic carbocycles. The van der Waals surface area contributed by atoms with Gasteiger partial charge in [-0.05, 0) is 24.1 Å². The number of hydrogen-bond acceptors (Lipinski definition) is 2. The number of benzene rings is 1. The lowest BCUT2D eigenvalue weighted by Gasteiger charge is -2.17. The van der Waals surface area contributed by atoms with E-state index in [0.29, 0.717) is 0 Å². The van der Waals surface area contributed by atoms with Gasteiger partial charge in [-0.15, -0.1) is 0 Å². The summed E-state index contributed by atoms with van der Waals surface area (Å²) in [5.41, 5.74) is 6.72. The molecule has 1 aromatic rings. The Morgan fingerprint density at radius 2 is 1.75 bits per heavy atom. The van der Waals surface area contributed by atoms with E-state index in [9.17, 15) is 17.6 Å². The van der Waals surface area contributed by atoms with E-state index < -0.39 is 12.5 Å². The fourth-order valence-corrected chi connectivity index (χ4v) is 1.77. The molecular formula is C14H19F4NO. The monoisotopic (exact) mass is 293 g/mol. The zero-order valence-electron chi connectivity index (χ0n) is 11.3. The molecule has 0 heterocycles. The van der Waals surface area contributed by atoms with Gasteiger partial charge in [0.05, 0.1) is 0 Å². The average molecular weight is 293 g/mol. The van der Waals surface area contributed by atoms with Crippen molar-refractivity contribution in [3.05, 3.63) is 29.8 Å². The Morgan fingerprint density at radius 3 is 2.25 bits per heavy atom. The predicted octanol–water partition coefficient (Wildman–Crippen LogP) is 4.50. The lowest BCUT2D eigenvalue weighted by molar-refractivity contribution is -0.253. The van der Waals surface area contributed by atoms with Crippen LogP contribution in [-0.2, 0) is 0 Å². The van der Waals surface area contributed by atoms with E-state index in [1.165, 1.54) is 24.3 Å². The van der Waals surface area contributed by atoms with Crippen LogP contribution in [0.2, 0.25) is 0 Å². The fraction of sp³-hybridized carbons (Fsp3) is 0.571. The van der Waals surface area contributed by atoms with Gasteiger partial charge < -0.3 is 10.5 Å². The summed E-state index contributed by atoms with van der Waals surface area (Å²) in [5.74, 6) is -0.306. The third-order valence-electron chi connectivity index (χ3n) is 2.93. The SMILES string of the molecule is CCCCC[C@@H](N)c1ccc(OC(F)(F)C(F)F)cc1. The maximum atomic E-state index is 12.7. The number of rotatable bonds is 8. The molecule has 0 spiro atoms. The molecule has 2 N–H and O–H groups in total. The molecule has 0 aliphatic carbocycles. The summed E-state index contributed by atoms with van der Waals surface area (Å²) in [4.78, 5) is 0. The van der Waals surface area contributed by atoms with Crippen molar-refractivity contribution in [1.29, 1.82) is 0 Å². The van der Waals surface area contributed by atoms with E-state index in [1.54, 1.807) is 0 Å². The van der Waals surface area contributed by atoms with Crippen LogP contribution >= 0.6 is 0 Å². The molecule has 0 saturated heterocycles. The molecule has 1 atom stereocenters. The van der Waals surface area contributed by atoms with Gasteiger partial charge in [0, 0.05) is 6.04 Å². The van der Waals surface area contributed by atoms with Crippen molar-refractivity contribution in [3.8, 4) is 5.75 Å². The van der Waals surface area contributed by atoms with Crippen molar-refractivity contribution in [2.24, 2.45) is 5.73 Å². The first kappa shape index (κ1) is 16.8. The lowest BCUT2D eigenvalue weighted by Crippen LogP contribution is -2.33. The molecule has 1 rings (SSSR count). The molecule has 2 nitrogen and oxygen atoms in total. The quantitative estimate of drug-likeness (QED) is 0.565. The van der Waals surface area contributed by atoms with E-state index in [-0.39, 0.29) is 11.8 Å². The molecule has 20 heavy (non-hydrogen) atoms. The van der Waals surface area contributed by atoms with Crippen LogP contribution in [0.3, 0.4) is 0 Å². The first-order valence-corrected chi connectivity index (χ1v) is 6.57. The van der Waals surface area contributed by atoms with E-state index in [1.807, 2.05) is 0 Å². The minimum atomic E-state index is -4.48. The summed E-state index contributed by atoms with van der Waals surface area (Å²) in [6.07, 6.45) is -4.40. The van der Waals surface area contributed by atoms with Gasteiger partial charge in [-0.1, -0.05) is 38.3 Å². The number of hydrogen-bond donors (Lipinski definition) is 1. The van der Waals surface area contributed by atoms with Crippen LogP contribution in [0.1, 0.15) is 44.2 Å². The molecule has 0 amide bonds. The highest BCUT2D eigenvalue weighted by molar-refractivity contribution is 5.29. The Labute approximate surface area is 115 Å². The van der Waals surface area contributed by atoms with Gasteiger partial charge in [-0.25, -0.2) is 0 Å². The Bertz CT molecular complexity index is 395. The molecule has 0 aliphatic heterocycles. The number of alkyl halides is 4. The van der Waals surface area contributed by atoms with Crippen molar-refractivity contribution < 1.29 is 22.3 Å². The maximum Gasteiger partial charge on any atom is 0.461 e. The van der Waals surface area contributed by atoms with Gasteiger partial charge in [-0.2, -0.15) is 17.6 Å². The first-order chi connectivity index (χ1) is 9.36. The highest BCUT2D eigenvalue weighted by atomic mass is 19.3. The summed E-state index contributed by atoms with van der Waals surface area (Å²) in [6.45, 7) is 2.08. The third kappa shape index (κ3) is 5.00. The Balaban J connectivity index is 2.60. The molecule has 114 valence electrons. The standard InChI is InChI=1S/C14H19F4NO/c1-2-3-4-5-12(19)10-6-8-11(9-7-10)20-14(17,18)13(15)16/h6-9,12-13H,2-5,19H2,1H3/t12-/m1/s1. The smallest absolute Gasteiger partial charge is 0.428 e. The van der Waals surface area contributed by atoms with E-state index in [4.69, 9.17) is 5.73 Å². The zero-order chi connectivity index (χ0) is 15.2. The number of ether oxygens (including phenoxy) is 1. The second-order valence-corrected chi connectivity index (χ2v) is 4.64. The second-order valence-electron chi connectivity index (χ2n) is 4.64. The van der Waals surface area contributed by atoms with Crippen LogP contribution in [0.15, 0.2) is 24.3 Å². The molecule has 0 fully saturated rings. The van der Waals surface area contributed by atoms with Gasteiger partial charge in [0.15, 0.2) is 0 Å². The molecule has 0 bridgehead atoms. The Morgan fingerprint density at radius 1 is 1.15 bits per heavy atom. The molecule has 6 heteroatoms. The van der Waals surface area contributed by atoms with Crippen LogP contribution in [0, 0.1) is 0 Å². The highest BCUT2D eigenvalue weighted by Crippen LogP contribution is 2.28. The van der Waals surface area contributed by atoms with Crippen LogP contribution < -0.4 is 10.5 Å². The van der Waals surface area contributed by atoms with E-state index >= 15 is 0 Å². The van der Waals surface area contributed by atoms with E-state index in [0.717, 1.165) is 31.2 Å². The van der Waals surface area contributed by atoms with Gasteiger partial charge >= 0.3 is 12.5 Å². The Hall–Kier alpha value is -1.30. The molecule has 0 aliphatic rings. The minimum Gasteiger partial charge on any atom is -0.428 e. The average Bonchev–Trinajstić information content (AvgIpc) is 2.39. The molecular weight excluding hydrogens is 274 g/mol. The molecule has 0 saturated carbocycles. The van der Waals surface area contributed by atoms with Crippen molar-refractivity contribution in [2.45, 2.75) is 51.2 Å². The number of halogens is 4. The van der Waals surface area contributed by atoms with Gasteiger partial charge in [0.25, 0.3) is 0 Å². The van der Waals surface area contributed by atoms with Crippen LogP contribution in [0.4, 0.5) is 17.6 Å². The summed E-state index contributed by atoms with van der Waals surface area (Å²) in [6, 6.07) is 5.31. The first-order valence-electron chi connectivity index (χ1n) is 6.57. The van der Waals surface area contributed by atoms with Crippen molar-refractivity contribution >= 4 is 0 Å². The van der Waals surface area contributed by atoms with Crippen LogP contribution in [0.5, 0.6) is 5.75 Å². The normalized spacial score (nSPS) is 13.6. The summed E-state index contributed by atoms with van der Waals surface area (Å²) >= 11 is 0. The van der Waals surface area contributed by atoms with Crippen LogP contribution in [0.25, 0.3) is 0 Å². The van der Waals surface area contributed by atoms with Gasteiger partial charge in [-0.3, -0.25) is 0 Å². The highest BCUT2D eigenvalue weighted by Gasteiger charge is 2.43. The summed E-state index contributed by atoms with van der Waals surface area (Å²) < 4.78 is 53.3. The van der Waals surface area contributed by atoms with Crippen molar-refractivity contribution in [2.75, 3.05) is 0 Å². The third-order valence-corrected chi connectivity index (χ3v) is 2.93. The van der Waals surface area contributed by atoms with Gasteiger partial charge in [0.2, 0.25) is 0 Å².